The van der Waals surface area contributed by atoms with E-state index in [1.165, 1.54) is 13.1 Å². The van der Waals surface area contributed by atoms with E-state index in [1.54, 1.807) is 19.2 Å². The van der Waals surface area contributed by atoms with Crippen LogP contribution >= 0.6 is 0 Å². The molecule has 184 valence electrons. The Bertz CT molecular complexity index is 1240. The lowest BCUT2D eigenvalue weighted by Gasteiger charge is -2.44. The number of halogens is 3. The lowest BCUT2D eigenvalue weighted by molar-refractivity contribution is -0.0463. The molecule has 4 rings (SSSR count). The van der Waals surface area contributed by atoms with Gasteiger partial charge in [0.1, 0.15) is 28.8 Å². The zero-order chi connectivity index (χ0) is 25.5. The summed E-state index contributed by atoms with van der Waals surface area (Å²) in [5, 5.41) is 13.4. The number of carbonyl (C=O) groups excluding carboxylic acids is 1. The molecule has 0 bridgehead atoms. The molecule has 1 amide bonds. The number of pyridine rings is 2. The summed E-state index contributed by atoms with van der Waals surface area (Å²) in [7, 11) is 0. The van der Waals surface area contributed by atoms with Gasteiger partial charge in [0.05, 0.1) is 23.0 Å². The summed E-state index contributed by atoms with van der Waals surface area (Å²) in [5.74, 6) is -3.70. The molecule has 1 saturated carbocycles. The van der Waals surface area contributed by atoms with Crippen molar-refractivity contribution >= 4 is 11.6 Å². The number of amides is 1. The third kappa shape index (κ3) is 4.78. The maximum Gasteiger partial charge on any atom is 0.274 e. The highest BCUT2D eigenvalue weighted by atomic mass is 19.1. The zero-order valence-corrected chi connectivity index (χ0v) is 19.6. The Morgan fingerprint density at radius 2 is 1.83 bits per heavy atom. The largest absolute Gasteiger partial charge is 0.388 e. The second kappa shape index (κ2) is 9.39. The molecular weight excluding hydrogens is 457 g/mol. The number of rotatable bonds is 4. The lowest BCUT2D eigenvalue weighted by atomic mass is 9.68. The highest BCUT2D eigenvalue weighted by Crippen LogP contribution is 2.42. The first-order valence-electron chi connectivity index (χ1n) is 11.3. The summed E-state index contributed by atoms with van der Waals surface area (Å²) in [5.41, 5.74) is 5.34. The molecule has 1 aliphatic rings. The quantitative estimate of drug-likeness (QED) is 0.498. The minimum absolute atomic E-state index is 0.0361. The topological polar surface area (TPSA) is 101 Å². The molecule has 0 radical (unpaired) electrons. The van der Waals surface area contributed by atoms with Gasteiger partial charge in [-0.3, -0.25) is 9.78 Å². The number of hydrogen-bond donors (Lipinski definition) is 3. The number of nitrogens with two attached hydrogens (primary N) is 1. The Labute approximate surface area is 201 Å². The molecule has 3 aromatic rings. The van der Waals surface area contributed by atoms with Crippen LogP contribution in [0.3, 0.4) is 0 Å². The van der Waals surface area contributed by atoms with Crippen molar-refractivity contribution in [2.45, 2.75) is 51.2 Å². The van der Waals surface area contributed by atoms with Crippen LogP contribution in [0.4, 0.5) is 18.9 Å². The van der Waals surface area contributed by atoms with E-state index >= 15 is 0 Å². The highest BCUT2D eigenvalue weighted by molar-refractivity contribution is 6.03. The van der Waals surface area contributed by atoms with Gasteiger partial charge in [-0.25, -0.2) is 18.2 Å². The molecule has 0 unspecified atom stereocenters. The van der Waals surface area contributed by atoms with Gasteiger partial charge in [-0.15, -0.1) is 0 Å². The third-order valence-corrected chi connectivity index (χ3v) is 6.97. The van der Waals surface area contributed by atoms with Crippen LogP contribution in [-0.2, 0) is 0 Å². The van der Waals surface area contributed by atoms with Crippen LogP contribution in [0, 0.1) is 30.3 Å². The summed E-state index contributed by atoms with van der Waals surface area (Å²) in [6, 6.07) is 5.56. The van der Waals surface area contributed by atoms with Crippen LogP contribution < -0.4 is 11.1 Å². The monoisotopic (exact) mass is 484 g/mol. The molecule has 6 nitrogen and oxygen atoms in total. The number of carbonyl (C=O) groups is 1. The van der Waals surface area contributed by atoms with Crippen molar-refractivity contribution in [3.63, 3.8) is 0 Å². The third-order valence-electron chi connectivity index (χ3n) is 6.97. The number of aliphatic hydroxyl groups is 1. The molecular formula is C26H27F3N4O2. The summed E-state index contributed by atoms with van der Waals surface area (Å²) in [6.07, 6.45) is 4.25. The summed E-state index contributed by atoms with van der Waals surface area (Å²) >= 11 is 0. The van der Waals surface area contributed by atoms with Crippen LogP contribution in [0.5, 0.6) is 0 Å². The van der Waals surface area contributed by atoms with E-state index in [9.17, 15) is 23.1 Å². The number of nitrogens with zero attached hydrogens (tertiary/aromatic N) is 2. The molecule has 1 aliphatic carbocycles. The first-order valence-corrected chi connectivity index (χ1v) is 11.3. The molecule has 0 aliphatic heterocycles. The van der Waals surface area contributed by atoms with E-state index in [1.807, 2.05) is 6.92 Å². The molecule has 2 heterocycles. The SMILES string of the molecule is Cc1cc(F)c(-c2nc(C(=O)Nc3cnccc3[C@H]3C[C@@H](N)[C@](C)(O)[C@@H](C)C3)ccc2F)c(F)c1. The highest BCUT2D eigenvalue weighted by Gasteiger charge is 2.42. The average molecular weight is 485 g/mol. The van der Waals surface area contributed by atoms with Gasteiger partial charge in [-0.05, 0) is 80.0 Å². The Morgan fingerprint density at radius 3 is 2.49 bits per heavy atom. The first kappa shape index (κ1) is 24.8. The first-order chi connectivity index (χ1) is 16.5. The van der Waals surface area contributed by atoms with E-state index in [2.05, 4.69) is 15.3 Å². The van der Waals surface area contributed by atoms with Gasteiger partial charge >= 0.3 is 0 Å². The van der Waals surface area contributed by atoms with Crippen LogP contribution in [0.1, 0.15) is 54.2 Å². The van der Waals surface area contributed by atoms with E-state index < -0.39 is 46.3 Å². The molecule has 0 spiro atoms. The maximum atomic E-state index is 14.5. The van der Waals surface area contributed by atoms with E-state index in [0.29, 0.717) is 24.1 Å². The van der Waals surface area contributed by atoms with Gasteiger partial charge in [-0.1, -0.05) is 6.92 Å². The Balaban J connectivity index is 1.64. The average Bonchev–Trinajstić information content (AvgIpc) is 2.78. The number of benzene rings is 1. The Morgan fingerprint density at radius 1 is 1.14 bits per heavy atom. The van der Waals surface area contributed by atoms with Gasteiger partial charge in [0.25, 0.3) is 5.91 Å². The molecule has 35 heavy (non-hydrogen) atoms. The van der Waals surface area contributed by atoms with Crippen molar-refractivity contribution in [2.75, 3.05) is 5.32 Å². The molecule has 0 saturated heterocycles. The van der Waals surface area contributed by atoms with Crippen LogP contribution in [-0.4, -0.2) is 32.6 Å². The van der Waals surface area contributed by atoms with Crippen molar-refractivity contribution in [1.82, 2.24) is 9.97 Å². The predicted molar refractivity (Wildman–Crippen MR) is 126 cm³/mol. The second-order valence-corrected chi connectivity index (χ2v) is 9.45. The van der Waals surface area contributed by atoms with E-state index in [-0.39, 0.29) is 17.5 Å². The smallest absolute Gasteiger partial charge is 0.274 e. The normalized spacial score (nSPS) is 24.3. The predicted octanol–water partition coefficient (Wildman–Crippen LogP) is 4.71. The Kier molecular flexibility index (Phi) is 6.66. The van der Waals surface area contributed by atoms with Gasteiger partial charge in [0.2, 0.25) is 0 Å². The minimum atomic E-state index is -0.998. The van der Waals surface area contributed by atoms with Crippen LogP contribution in [0.2, 0.25) is 0 Å². The fourth-order valence-electron chi connectivity index (χ4n) is 4.65. The van der Waals surface area contributed by atoms with Crippen molar-refractivity contribution in [3.8, 4) is 11.3 Å². The van der Waals surface area contributed by atoms with Gasteiger partial charge in [0, 0.05) is 12.2 Å². The summed E-state index contributed by atoms with van der Waals surface area (Å²) < 4.78 is 43.4. The van der Waals surface area contributed by atoms with Gasteiger partial charge < -0.3 is 16.2 Å². The number of hydrogen-bond acceptors (Lipinski definition) is 5. The molecule has 2 aromatic heterocycles. The number of nitrogens with one attached hydrogen (secondary N) is 1. The second-order valence-electron chi connectivity index (χ2n) is 9.45. The van der Waals surface area contributed by atoms with E-state index in [0.717, 1.165) is 29.8 Å². The molecule has 1 aromatic carbocycles. The lowest BCUT2D eigenvalue weighted by Crippen LogP contribution is -2.54. The number of aromatic nitrogens is 2. The van der Waals surface area contributed by atoms with Crippen molar-refractivity contribution in [2.24, 2.45) is 11.7 Å². The molecule has 1 fully saturated rings. The molecule has 9 heteroatoms. The number of aryl methyl sites for hydroxylation is 1. The van der Waals surface area contributed by atoms with Crippen molar-refractivity contribution in [3.05, 3.63) is 77.0 Å². The summed E-state index contributed by atoms with van der Waals surface area (Å²) in [4.78, 5) is 21.0. The summed E-state index contributed by atoms with van der Waals surface area (Å²) in [6.45, 7) is 5.17. The van der Waals surface area contributed by atoms with Crippen LogP contribution in [0.15, 0.2) is 42.7 Å². The van der Waals surface area contributed by atoms with E-state index in [4.69, 9.17) is 5.73 Å². The fraction of sp³-hybridized carbons (Fsp3) is 0.346. The van der Waals surface area contributed by atoms with Crippen molar-refractivity contribution in [1.29, 1.82) is 0 Å². The molecule has 4 atom stereocenters. The Hall–Kier alpha value is -3.30. The van der Waals surface area contributed by atoms with Gasteiger partial charge in [0.15, 0.2) is 0 Å². The fourth-order valence-corrected chi connectivity index (χ4v) is 4.65. The maximum absolute atomic E-state index is 14.5. The zero-order valence-electron chi connectivity index (χ0n) is 19.6. The minimum Gasteiger partial charge on any atom is -0.388 e. The van der Waals surface area contributed by atoms with Crippen molar-refractivity contribution < 1.29 is 23.1 Å². The van der Waals surface area contributed by atoms with Crippen LogP contribution in [0.25, 0.3) is 11.3 Å². The number of anilines is 1. The van der Waals surface area contributed by atoms with Gasteiger partial charge in [-0.2, -0.15) is 0 Å². The molecule has 4 N–H and O–H groups in total. The standard InChI is InChI=1S/C26H27F3N4O2/c1-13-8-18(28)23(19(29)9-13)24-17(27)4-5-20(32-24)25(34)33-21-12-31-7-6-16(21)15-10-14(2)26(3,35)22(30)11-15/h4-9,12,14-15,22,35H,10-11,30H2,1-3H3,(H,33,34)/t14-,15+,22+,26+/m0/s1.